The van der Waals surface area contributed by atoms with Crippen LogP contribution in [0.1, 0.15) is 32.6 Å². The Morgan fingerprint density at radius 2 is 1.22 bits per heavy atom. The van der Waals surface area contributed by atoms with Crippen LogP contribution in [0.2, 0.25) is 0 Å². The van der Waals surface area contributed by atoms with E-state index < -0.39 is 17.1 Å². The maximum Gasteiger partial charge on any atom is 0.0802 e. The molecule has 0 rings (SSSR count). The zero-order valence-electron chi connectivity index (χ0n) is 11.4. The minimum atomic E-state index is -1.09. The van der Waals surface area contributed by atoms with Gasteiger partial charge in [0.05, 0.1) is 11.7 Å². The third-order valence-electron chi connectivity index (χ3n) is 3.71. The molecule has 1 unspecified atom stereocenters. The summed E-state index contributed by atoms with van der Waals surface area (Å²) in [5, 5.41) is 21.1. The third-order valence-corrected chi connectivity index (χ3v) is 3.71. The highest BCUT2D eigenvalue weighted by molar-refractivity contribution is 5.11. The Balaban J connectivity index is 5.70. The van der Waals surface area contributed by atoms with Crippen molar-refractivity contribution >= 4 is 0 Å². The van der Waals surface area contributed by atoms with Gasteiger partial charge in [0.15, 0.2) is 0 Å². The van der Waals surface area contributed by atoms with Crippen LogP contribution in [0.5, 0.6) is 0 Å². The Morgan fingerprint density at radius 3 is 1.44 bits per heavy atom. The molecule has 0 heterocycles. The number of allylic oxidation sites excluding steroid dienone is 2. The Morgan fingerprint density at radius 1 is 0.889 bits per heavy atom. The summed E-state index contributed by atoms with van der Waals surface area (Å²) in [7, 11) is 0. The summed E-state index contributed by atoms with van der Waals surface area (Å²) in [4.78, 5) is 0. The van der Waals surface area contributed by atoms with Gasteiger partial charge in [0.25, 0.3) is 0 Å². The Kier molecular flexibility index (Phi) is 6.89. The van der Waals surface area contributed by atoms with E-state index in [-0.39, 0.29) is 0 Å². The van der Waals surface area contributed by atoms with Gasteiger partial charge >= 0.3 is 0 Å². The van der Waals surface area contributed by atoms with Gasteiger partial charge in [0, 0.05) is 5.41 Å². The number of rotatable bonds is 10. The van der Waals surface area contributed by atoms with E-state index >= 15 is 0 Å². The highest BCUT2D eigenvalue weighted by atomic mass is 16.3. The fourth-order valence-electron chi connectivity index (χ4n) is 2.68. The second-order valence-electron chi connectivity index (χ2n) is 4.83. The van der Waals surface area contributed by atoms with E-state index in [2.05, 4.69) is 26.3 Å². The monoisotopic (exact) mass is 250 g/mol. The minimum Gasteiger partial charge on any atom is -0.393 e. The molecule has 2 N–H and O–H groups in total. The van der Waals surface area contributed by atoms with Gasteiger partial charge in [-0.3, -0.25) is 0 Å². The van der Waals surface area contributed by atoms with E-state index in [9.17, 15) is 10.2 Å². The van der Waals surface area contributed by atoms with Crippen molar-refractivity contribution in [2.75, 3.05) is 0 Å². The third kappa shape index (κ3) is 3.21. The van der Waals surface area contributed by atoms with Gasteiger partial charge in [-0.2, -0.15) is 0 Å². The second-order valence-corrected chi connectivity index (χ2v) is 4.83. The molecule has 0 aliphatic carbocycles. The molecule has 0 aliphatic heterocycles. The molecule has 0 bridgehead atoms. The summed E-state index contributed by atoms with van der Waals surface area (Å²) in [5.41, 5.74) is -1.80. The molecule has 2 heteroatoms. The molecule has 0 aliphatic rings. The lowest BCUT2D eigenvalue weighted by Gasteiger charge is -2.48. The van der Waals surface area contributed by atoms with E-state index in [0.717, 1.165) is 0 Å². The zero-order chi connectivity index (χ0) is 14.2. The van der Waals surface area contributed by atoms with Gasteiger partial charge in [-0.1, -0.05) is 24.3 Å². The molecule has 0 aromatic heterocycles. The number of hydrogen-bond acceptors (Lipinski definition) is 2. The Bertz CT molecular complexity index is 282. The van der Waals surface area contributed by atoms with Gasteiger partial charge in [-0.15, -0.1) is 26.3 Å². The molecule has 1 atom stereocenters. The smallest absolute Gasteiger partial charge is 0.0802 e. The van der Waals surface area contributed by atoms with Gasteiger partial charge in [0.1, 0.15) is 0 Å². The van der Waals surface area contributed by atoms with Crippen molar-refractivity contribution in [1.29, 1.82) is 0 Å². The van der Waals surface area contributed by atoms with Crippen molar-refractivity contribution < 1.29 is 10.2 Å². The number of aliphatic hydroxyl groups is 2. The summed E-state index contributed by atoms with van der Waals surface area (Å²) in [5.74, 6) is 0. The quantitative estimate of drug-likeness (QED) is 0.583. The van der Waals surface area contributed by atoms with Crippen LogP contribution in [-0.4, -0.2) is 21.9 Å². The molecule has 0 aromatic rings. The predicted molar refractivity (Wildman–Crippen MR) is 78.3 cm³/mol. The summed E-state index contributed by atoms with van der Waals surface area (Å²) < 4.78 is 0. The van der Waals surface area contributed by atoms with Gasteiger partial charge in [0.2, 0.25) is 0 Å². The first-order chi connectivity index (χ1) is 8.44. The topological polar surface area (TPSA) is 40.5 Å². The largest absolute Gasteiger partial charge is 0.393 e. The minimum absolute atomic E-state index is 0.394. The first-order valence-electron chi connectivity index (χ1n) is 6.28. The molecule has 0 radical (unpaired) electrons. The van der Waals surface area contributed by atoms with Crippen LogP contribution in [0.15, 0.2) is 50.6 Å². The molecule has 0 fully saturated rings. The SMILES string of the molecule is C=CCC(O)(CC=C)C(CC=C)(CC=C)C(C)O. The number of hydrogen-bond donors (Lipinski definition) is 2. The molecule has 0 spiro atoms. The van der Waals surface area contributed by atoms with E-state index in [1.54, 1.807) is 31.2 Å². The van der Waals surface area contributed by atoms with Gasteiger partial charge in [-0.05, 0) is 32.6 Å². The average Bonchev–Trinajstić information content (AvgIpc) is 2.28. The lowest BCUT2D eigenvalue weighted by atomic mass is 9.61. The van der Waals surface area contributed by atoms with Crippen molar-refractivity contribution in [3.8, 4) is 0 Å². The highest BCUT2D eigenvalue weighted by Gasteiger charge is 2.50. The molecular formula is C16H26O2. The summed E-state index contributed by atoms with van der Waals surface area (Å²) in [6.07, 6.45) is 7.93. The van der Waals surface area contributed by atoms with Gasteiger partial charge < -0.3 is 10.2 Å². The van der Waals surface area contributed by atoms with E-state index in [1.165, 1.54) is 0 Å². The standard InChI is InChI=1S/C16H26O2/c1-6-10-15(11-7-2,14(5)17)16(18,12-8-3)13-9-4/h6-9,14,17-18H,1-4,10-13H2,5H3. The van der Waals surface area contributed by atoms with Crippen LogP contribution < -0.4 is 0 Å². The molecule has 18 heavy (non-hydrogen) atoms. The van der Waals surface area contributed by atoms with E-state index in [1.807, 2.05) is 0 Å². The zero-order valence-corrected chi connectivity index (χ0v) is 11.4. The van der Waals surface area contributed by atoms with Crippen LogP contribution in [0.25, 0.3) is 0 Å². The fraction of sp³-hybridized carbons (Fsp3) is 0.500. The maximum absolute atomic E-state index is 11.0. The predicted octanol–water partition coefficient (Wildman–Crippen LogP) is 3.39. The van der Waals surface area contributed by atoms with Crippen molar-refractivity contribution in [3.63, 3.8) is 0 Å². The molecule has 2 nitrogen and oxygen atoms in total. The van der Waals surface area contributed by atoms with E-state index in [0.29, 0.717) is 25.7 Å². The summed E-state index contributed by atoms with van der Waals surface area (Å²) in [6.45, 7) is 16.6. The Labute approximate surface area is 111 Å². The molecule has 0 saturated heterocycles. The second kappa shape index (κ2) is 7.34. The van der Waals surface area contributed by atoms with Crippen LogP contribution in [0.3, 0.4) is 0 Å². The van der Waals surface area contributed by atoms with Crippen LogP contribution >= 0.6 is 0 Å². The fourth-order valence-corrected chi connectivity index (χ4v) is 2.68. The highest BCUT2D eigenvalue weighted by Crippen LogP contribution is 2.46. The molecule has 102 valence electrons. The van der Waals surface area contributed by atoms with Crippen molar-refractivity contribution in [2.24, 2.45) is 5.41 Å². The van der Waals surface area contributed by atoms with Crippen LogP contribution in [-0.2, 0) is 0 Å². The van der Waals surface area contributed by atoms with Crippen molar-refractivity contribution in [1.82, 2.24) is 0 Å². The van der Waals surface area contributed by atoms with Crippen molar-refractivity contribution in [3.05, 3.63) is 50.6 Å². The normalized spacial score (nSPS) is 13.7. The Hall–Kier alpha value is -1.12. The average molecular weight is 250 g/mol. The molecule has 0 amide bonds. The van der Waals surface area contributed by atoms with Crippen LogP contribution in [0, 0.1) is 5.41 Å². The molecule has 0 saturated carbocycles. The summed E-state index contributed by atoms with van der Waals surface area (Å²) in [6, 6.07) is 0. The molecule has 0 aromatic carbocycles. The first-order valence-corrected chi connectivity index (χ1v) is 6.28. The first kappa shape index (κ1) is 16.9. The maximum atomic E-state index is 11.0. The molecular weight excluding hydrogens is 224 g/mol. The number of aliphatic hydroxyl groups excluding tert-OH is 1. The van der Waals surface area contributed by atoms with E-state index in [4.69, 9.17) is 0 Å². The van der Waals surface area contributed by atoms with Crippen molar-refractivity contribution in [2.45, 2.75) is 44.3 Å². The lowest BCUT2D eigenvalue weighted by molar-refractivity contribution is -0.134. The van der Waals surface area contributed by atoms with Crippen LogP contribution in [0.4, 0.5) is 0 Å². The summed E-state index contributed by atoms with van der Waals surface area (Å²) >= 11 is 0. The lowest BCUT2D eigenvalue weighted by Crippen LogP contribution is -2.53. The van der Waals surface area contributed by atoms with Gasteiger partial charge in [-0.25, -0.2) is 0 Å².